The summed E-state index contributed by atoms with van der Waals surface area (Å²) in [6, 6.07) is 5.59. The molecular formula is C16H22N2O3. The zero-order valence-corrected chi connectivity index (χ0v) is 13.0. The lowest BCUT2D eigenvalue weighted by atomic mass is 10.1. The molecule has 0 spiro atoms. The highest BCUT2D eigenvalue weighted by Crippen LogP contribution is 2.15. The van der Waals surface area contributed by atoms with Crippen LogP contribution < -0.4 is 5.32 Å². The lowest BCUT2D eigenvalue weighted by Crippen LogP contribution is -2.51. The smallest absolute Gasteiger partial charge is 0.313 e. The molecule has 0 radical (unpaired) electrons. The van der Waals surface area contributed by atoms with Gasteiger partial charge in [0.2, 0.25) is 0 Å². The Balaban J connectivity index is 2.02. The Morgan fingerprint density at radius 2 is 1.76 bits per heavy atom. The average Bonchev–Trinajstić information content (AvgIpc) is 2.41. The van der Waals surface area contributed by atoms with Gasteiger partial charge in [-0.2, -0.15) is 0 Å². The number of benzene rings is 1. The standard InChI is InChI=1S/C16H22N2O3/c1-10-5-6-14(7-11(10)2)17-15(19)16(20)18-8-12(3)21-13(4)9-18/h5-7,12-13H,8-9H2,1-4H3,(H,17,19). The number of carbonyl (C=O) groups excluding carboxylic acids is 2. The minimum atomic E-state index is -0.598. The number of morpholine rings is 1. The molecule has 1 saturated heterocycles. The Labute approximate surface area is 125 Å². The molecule has 2 atom stereocenters. The van der Waals surface area contributed by atoms with Gasteiger partial charge in [0, 0.05) is 18.8 Å². The van der Waals surface area contributed by atoms with Crippen LogP contribution in [0.25, 0.3) is 0 Å². The van der Waals surface area contributed by atoms with E-state index < -0.39 is 11.8 Å². The van der Waals surface area contributed by atoms with Crippen LogP contribution in [0.2, 0.25) is 0 Å². The minimum Gasteiger partial charge on any atom is -0.372 e. The fraction of sp³-hybridized carbons (Fsp3) is 0.500. The van der Waals surface area contributed by atoms with Gasteiger partial charge in [-0.15, -0.1) is 0 Å². The number of anilines is 1. The fourth-order valence-electron chi connectivity index (χ4n) is 2.49. The van der Waals surface area contributed by atoms with E-state index in [9.17, 15) is 9.59 Å². The second kappa shape index (κ2) is 6.26. The van der Waals surface area contributed by atoms with Crippen LogP contribution in [0, 0.1) is 13.8 Å². The molecule has 2 amide bonds. The number of carbonyl (C=O) groups is 2. The molecule has 5 nitrogen and oxygen atoms in total. The number of ether oxygens (including phenoxy) is 1. The first-order valence-corrected chi connectivity index (χ1v) is 7.19. The third-order valence-electron chi connectivity index (χ3n) is 3.67. The van der Waals surface area contributed by atoms with Gasteiger partial charge in [0.25, 0.3) is 0 Å². The van der Waals surface area contributed by atoms with Crippen molar-refractivity contribution in [1.29, 1.82) is 0 Å². The molecule has 1 heterocycles. The summed E-state index contributed by atoms with van der Waals surface area (Å²) in [4.78, 5) is 25.8. The van der Waals surface area contributed by atoms with Crippen LogP contribution in [0.15, 0.2) is 18.2 Å². The molecule has 0 aliphatic carbocycles. The highest BCUT2D eigenvalue weighted by Gasteiger charge is 2.29. The van der Waals surface area contributed by atoms with Gasteiger partial charge in [-0.1, -0.05) is 6.07 Å². The lowest BCUT2D eigenvalue weighted by Gasteiger charge is -2.34. The molecule has 114 valence electrons. The summed E-state index contributed by atoms with van der Waals surface area (Å²) in [5, 5.41) is 2.67. The molecule has 2 unspecified atom stereocenters. The molecule has 1 N–H and O–H groups in total. The Morgan fingerprint density at radius 3 is 2.33 bits per heavy atom. The summed E-state index contributed by atoms with van der Waals surface area (Å²) < 4.78 is 5.57. The van der Waals surface area contributed by atoms with E-state index in [1.807, 2.05) is 39.8 Å². The van der Waals surface area contributed by atoms with Gasteiger partial charge in [0.15, 0.2) is 0 Å². The Bertz CT molecular complexity index is 546. The molecule has 1 aromatic rings. The van der Waals surface area contributed by atoms with Gasteiger partial charge in [0.05, 0.1) is 12.2 Å². The molecule has 0 saturated carbocycles. The molecule has 21 heavy (non-hydrogen) atoms. The quantitative estimate of drug-likeness (QED) is 0.803. The molecule has 5 heteroatoms. The summed E-state index contributed by atoms with van der Waals surface area (Å²) in [6.07, 6.45) is -0.0979. The minimum absolute atomic E-state index is 0.0490. The number of rotatable bonds is 1. The monoisotopic (exact) mass is 290 g/mol. The summed E-state index contributed by atoms with van der Waals surface area (Å²) in [5.41, 5.74) is 2.87. The van der Waals surface area contributed by atoms with Crippen molar-refractivity contribution < 1.29 is 14.3 Å². The third-order valence-corrected chi connectivity index (χ3v) is 3.67. The van der Waals surface area contributed by atoms with Gasteiger partial charge in [-0.05, 0) is 51.0 Å². The van der Waals surface area contributed by atoms with Crippen LogP contribution in [-0.4, -0.2) is 42.0 Å². The molecule has 1 aliphatic rings. The summed E-state index contributed by atoms with van der Waals surface area (Å²) in [7, 11) is 0. The number of hydrogen-bond donors (Lipinski definition) is 1. The van der Waals surface area contributed by atoms with Crippen molar-refractivity contribution in [1.82, 2.24) is 4.90 Å². The number of nitrogens with zero attached hydrogens (tertiary/aromatic N) is 1. The maximum absolute atomic E-state index is 12.2. The molecule has 1 fully saturated rings. The van der Waals surface area contributed by atoms with E-state index in [0.717, 1.165) is 11.1 Å². The zero-order valence-electron chi connectivity index (χ0n) is 13.0. The largest absolute Gasteiger partial charge is 0.372 e. The molecule has 2 rings (SSSR count). The van der Waals surface area contributed by atoms with Crippen molar-refractivity contribution in [3.05, 3.63) is 29.3 Å². The first-order valence-electron chi connectivity index (χ1n) is 7.19. The van der Waals surface area contributed by atoms with Gasteiger partial charge in [0.1, 0.15) is 0 Å². The summed E-state index contributed by atoms with van der Waals surface area (Å²) in [6.45, 7) is 8.67. The van der Waals surface area contributed by atoms with Crippen LogP contribution in [0.1, 0.15) is 25.0 Å². The number of amides is 2. The van der Waals surface area contributed by atoms with Crippen molar-refractivity contribution in [2.45, 2.75) is 39.9 Å². The normalized spacial score (nSPS) is 22.0. The van der Waals surface area contributed by atoms with Crippen LogP contribution in [0.4, 0.5) is 5.69 Å². The van der Waals surface area contributed by atoms with Crippen LogP contribution in [-0.2, 0) is 14.3 Å². The topological polar surface area (TPSA) is 58.6 Å². The van der Waals surface area contributed by atoms with E-state index in [4.69, 9.17) is 4.74 Å². The zero-order chi connectivity index (χ0) is 15.6. The SMILES string of the molecule is Cc1ccc(NC(=O)C(=O)N2CC(C)OC(C)C2)cc1C. The Kier molecular flexibility index (Phi) is 4.63. The Hall–Kier alpha value is -1.88. The van der Waals surface area contributed by atoms with Crippen LogP contribution in [0.3, 0.4) is 0 Å². The van der Waals surface area contributed by atoms with Crippen molar-refractivity contribution in [2.75, 3.05) is 18.4 Å². The van der Waals surface area contributed by atoms with Crippen molar-refractivity contribution in [2.24, 2.45) is 0 Å². The molecule has 1 aromatic carbocycles. The fourth-order valence-corrected chi connectivity index (χ4v) is 2.49. The van der Waals surface area contributed by atoms with E-state index in [1.165, 1.54) is 0 Å². The molecular weight excluding hydrogens is 268 g/mol. The highest BCUT2D eigenvalue weighted by molar-refractivity contribution is 6.39. The van der Waals surface area contributed by atoms with E-state index in [1.54, 1.807) is 11.0 Å². The van der Waals surface area contributed by atoms with Crippen molar-refractivity contribution in [3.63, 3.8) is 0 Å². The molecule has 1 aliphatic heterocycles. The van der Waals surface area contributed by atoms with Gasteiger partial charge in [-0.25, -0.2) is 0 Å². The van der Waals surface area contributed by atoms with E-state index >= 15 is 0 Å². The predicted octanol–water partition coefficient (Wildman–Crippen LogP) is 1.88. The van der Waals surface area contributed by atoms with Gasteiger partial charge < -0.3 is 15.0 Å². The first kappa shape index (κ1) is 15.5. The van der Waals surface area contributed by atoms with E-state index in [-0.39, 0.29) is 12.2 Å². The summed E-state index contributed by atoms with van der Waals surface area (Å²) >= 11 is 0. The van der Waals surface area contributed by atoms with Crippen LogP contribution in [0.5, 0.6) is 0 Å². The van der Waals surface area contributed by atoms with Gasteiger partial charge in [-0.3, -0.25) is 9.59 Å². The number of aryl methyl sites for hydroxylation is 2. The van der Waals surface area contributed by atoms with Gasteiger partial charge >= 0.3 is 11.8 Å². The lowest BCUT2D eigenvalue weighted by molar-refractivity contribution is -0.151. The van der Waals surface area contributed by atoms with Crippen molar-refractivity contribution in [3.8, 4) is 0 Å². The second-order valence-corrected chi connectivity index (χ2v) is 5.72. The number of nitrogens with one attached hydrogen (secondary N) is 1. The Morgan fingerprint density at radius 1 is 1.14 bits per heavy atom. The highest BCUT2D eigenvalue weighted by atomic mass is 16.5. The average molecular weight is 290 g/mol. The first-order chi connectivity index (χ1) is 9.86. The second-order valence-electron chi connectivity index (χ2n) is 5.72. The molecule has 0 aromatic heterocycles. The maximum Gasteiger partial charge on any atom is 0.313 e. The van der Waals surface area contributed by atoms with E-state index in [2.05, 4.69) is 5.32 Å². The van der Waals surface area contributed by atoms with E-state index in [0.29, 0.717) is 18.8 Å². The predicted molar refractivity (Wildman–Crippen MR) is 81.1 cm³/mol. The van der Waals surface area contributed by atoms with Crippen molar-refractivity contribution >= 4 is 17.5 Å². The number of hydrogen-bond acceptors (Lipinski definition) is 3. The van der Waals surface area contributed by atoms with Crippen LogP contribution >= 0.6 is 0 Å². The maximum atomic E-state index is 12.2. The summed E-state index contributed by atoms with van der Waals surface area (Å²) in [5.74, 6) is -1.10. The molecule has 0 bridgehead atoms. The third kappa shape index (κ3) is 3.82.